The molecule has 138 valence electrons. The van der Waals surface area contributed by atoms with Crippen LogP contribution >= 0.6 is 11.3 Å². The number of rotatable bonds is 7. The van der Waals surface area contributed by atoms with E-state index in [1.54, 1.807) is 25.7 Å². The van der Waals surface area contributed by atoms with Crippen LogP contribution < -0.4 is 14.8 Å². The molecular weight excluding hydrogens is 350 g/mol. The molecule has 1 atom stereocenters. The lowest BCUT2D eigenvalue weighted by Gasteiger charge is -2.25. The summed E-state index contributed by atoms with van der Waals surface area (Å²) < 4.78 is 10.7. The number of thiophene rings is 1. The zero-order chi connectivity index (χ0) is 19.3. The molecule has 2 rings (SSSR count). The molecule has 0 spiro atoms. The quantitative estimate of drug-likeness (QED) is 0.805. The van der Waals surface area contributed by atoms with Gasteiger partial charge in [0.05, 0.1) is 25.8 Å². The van der Waals surface area contributed by atoms with Gasteiger partial charge in [0.15, 0.2) is 11.5 Å². The van der Waals surface area contributed by atoms with Crippen molar-refractivity contribution in [1.29, 1.82) is 5.26 Å². The van der Waals surface area contributed by atoms with Gasteiger partial charge in [0.25, 0.3) is 0 Å². The number of nitrogens with zero attached hydrogens (tertiary/aromatic N) is 2. The molecule has 1 N–H and O–H groups in total. The van der Waals surface area contributed by atoms with E-state index in [1.807, 2.05) is 37.9 Å². The maximum atomic E-state index is 12.5. The fourth-order valence-electron chi connectivity index (χ4n) is 2.51. The number of benzene rings is 1. The summed E-state index contributed by atoms with van der Waals surface area (Å²) in [5.74, 6) is 1.20. The molecule has 1 aromatic carbocycles. The molecule has 7 heteroatoms. The van der Waals surface area contributed by atoms with Crippen LogP contribution in [0, 0.1) is 18.3 Å². The molecule has 0 unspecified atom stereocenters. The lowest BCUT2D eigenvalue weighted by atomic mass is 10.1. The molecule has 0 aliphatic rings. The van der Waals surface area contributed by atoms with Gasteiger partial charge in [-0.05, 0) is 55.6 Å². The second kappa shape index (κ2) is 8.70. The Morgan fingerprint density at radius 3 is 2.62 bits per heavy atom. The maximum Gasteiger partial charge on any atom is 0.242 e. The molecule has 2 aromatic rings. The van der Waals surface area contributed by atoms with Crippen LogP contribution in [-0.2, 0) is 11.3 Å². The first-order valence-electron chi connectivity index (χ1n) is 8.11. The van der Waals surface area contributed by atoms with Gasteiger partial charge in [-0.2, -0.15) is 5.26 Å². The molecule has 1 amide bonds. The molecule has 0 aliphatic heterocycles. The van der Waals surface area contributed by atoms with Crippen LogP contribution in [0.1, 0.15) is 23.6 Å². The Morgan fingerprint density at radius 2 is 2.00 bits per heavy atom. The normalized spacial score (nSPS) is 11.7. The average Bonchev–Trinajstić information content (AvgIpc) is 3.09. The van der Waals surface area contributed by atoms with Gasteiger partial charge in [-0.25, -0.2) is 0 Å². The fourth-order valence-corrected chi connectivity index (χ4v) is 3.25. The highest BCUT2D eigenvalue weighted by atomic mass is 32.1. The van der Waals surface area contributed by atoms with Crippen LogP contribution in [-0.4, -0.2) is 38.1 Å². The van der Waals surface area contributed by atoms with Gasteiger partial charge in [-0.15, -0.1) is 11.3 Å². The first kappa shape index (κ1) is 19.8. The zero-order valence-electron chi connectivity index (χ0n) is 15.6. The number of hydrogen-bond donors (Lipinski definition) is 1. The first-order chi connectivity index (χ1) is 12.4. The third-order valence-corrected chi connectivity index (χ3v) is 5.15. The summed E-state index contributed by atoms with van der Waals surface area (Å²) in [5, 5.41) is 14.3. The van der Waals surface area contributed by atoms with E-state index in [1.165, 1.54) is 11.3 Å². The van der Waals surface area contributed by atoms with E-state index in [2.05, 4.69) is 11.4 Å². The van der Waals surface area contributed by atoms with Crippen molar-refractivity contribution < 1.29 is 14.3 Å². The number of hydrogen-bond acceptors (Lipinski definition) is 6. The first-order valence-corrected chi connectivity index (χ1v) is 8.99. The zero-order valence-corrected chi connectivity index (χ0v) is 16.4. The van der Waals surface area contributed by atoms with E-state index in [0.717, 1.165) is 11.1 Å². The predicted octanol–water partition coefficient (Wildman–Crippen LogP) is 3.40. The van der Waals surface area contributed by atoms with Crippen molar-refractivity contribution in [2.75, 3.05) is 26.6 Å². The Hall–Kier alpha value is -2.56. The molecule has 26 heavy (non-hydrogen) atoms. The minimum atomic E-state index is -0.365. The number of anilines is 1. The number of nitriles is 1. The average molecular weight is 373 g/mol. The van der Waals surface area contributed by atoms with Gasteiger partial charge in [-0.3, -0.25) is 9.69 Å². The summed E-state index contributed by atoms with van der Waals surface area (Å²) in [5.41, 5.74) is 2.60. The second-order valence-electron chi connectivity index (χ2n) is 5.99. The lowest BCUT2D eigenvalue weighted by molar-refractivity contribution is -0.120. The number of amides is 1. The van der Waals surface area contributed by atoms with Gasteiger partial charge in [0.1, 0.15) is 11.1 Å². The van der Waals surface area contributed by atoms with Crippen molar-refractivity contribution in [2.24, 2.45) is 0 Å². The van der Waals surface area contributed by atoms with Crippen LogP contribution in [0.3, 0.4) is 0 Å². The number of nitrogens with one attached hydrogen (secondary N) is 1. The van der Waals surface area contributed by atoms with Crippen LogP contribution in [0.4, 0.5) is 5.00 Å². The number of aryl methyl sites for hydroxylation is 1. The fraction of sp³-hybridized carbons (Fsp3) is 0.368. The van der Waals surface area contributed by atoms with Crippen molar-refractivity contribution in [2.45, 2.75) is 26.4 Å². The molecule has 0 saturated heterocycles. The summed E-state index contributed by atoms with van der Waals surface area (Å²) >= 11 is 1.34. The Bertz CT molecular complexity index is 826. The Kier molecular flexibility index (Phi) is 6.61. The molecule has 0 radical (unpaired) electrons. The lowest BCUT2D eigenvalue weighted by Crippen LogP contribution is -2.39. The van der Waals surface area contributed by atoms with Gasteiger partial charge in [0, 0.05) is 6.54 Å². The topological polar surface area (TPSA) is 74.6 Å². The highest BCUT2D eigenvalue weighted by Gasteiger charge is 2.21. The van der Waals surface area contributed by atoms with Gasteiger partial charge in [-0.1, -0.05) is 0 Å². The number of carbonyl (C=O) groups excluding carboxylic acids is 1. The van der Waals surface area contributed by atoms with Crippen molar-refractivity contribution >= 4 is 22.2 Å². The molecule has 1 aromatic heterocycles. The third kappa shape index (κ3) is 4.34. The highest BCUT2D eigenvalue weighted by molar-refractivity contribution is 7.14. The van der Waals surface area contributed by atoms with E-state index >= 15 is 0 Å². The minimum absolute atomic E-state index is 0.149. The largest absolute Gasteiger partial charge is 0.493 e. The van der Waals surface area contributed by atoms with Gasteiger partial charge < -0.3 is 14.8 Å². The molecule has 0 saturated carbocycles. The van der Waals surface area contributed by atoms with Crippen LogP contribution in [0.15, 0.2) is 23.6 Å². The van der Waals surface area contributed by atoms with Crippen LogP contribution in [0.2, 0.25) is 0 Å². The van der Waals surface area contributed by atoms with Crippen molar-refractivity contribution in [3.05, 3.63) is 40.3 Å². The van der Waals surface area contributed by atoms with E-state index < -0.39 is 0 Å². The molecular formula is C19H23N3O3S. The SMILES string of the molecule is COc1cc(C)c(CN(C)[C@@H](C)C(=O)Nc2sccc2C#N)cc1OC. The number of likely N-dealkylation sites (N-methyl/N-ethyl adjacent to an activating group) is 1. The number of methoxy groups -OCH3 is 2. The minimum Gasteiger partial charge on any atom is -0.493 e. The summed E-state index contributed by atoms with van der Waals surface area (Å²) in [4.78, 5) is 14.5. The standard InChI is InChI=1S/C19H23N3O3S/c1-12-8-16(24-4)17(25-5)9-15(12)11-22(3)13(2)18(23)21-19-14(10-20)6-7-26-19/h6-9,13H,11H2,1-5H3,(H,21,23)/t13-/m0/s1. The van der Waals surface area contributed by atoms with Crippen molar-refractivity contribution in [3.8, 4) is 17.6 Å². The molecule has 0 aliphatic carbocycles. The van der Waals surface area contributed by atoms with Crippen molar-refractivity contribution in [1.82, 2.24) is 4.90 Å². The van der Waals surface area contributed by atoms with Crippen LogP contribution in [0.5, 0.6) is 11.5 Å². The Balaban J connectivity index is 2.10. The molecule has 6 nitrogen and oxygen atoms in total. The monoisotopic (exact) mass is 373 g/mol. The smallest absolute Gasteiger partial charge is 0.242 e. The highest BCUT2D eigenvalue weighted by Crippen LogP contribution is 2.31. The van der Waals surface area contributed by atoms with E-state index in [0.29, 0.717) is 28.6 Å². The molecule has 1 heterocycles. The summed E-state index contributed by atoms with van der Waals surface area (Å²) in [6, 6.07) is 7.27. The van der Waals surface area contributed by atoms with Crippen LogP contribution in [0.25, 0.3) is 0 Å². The number of carbonyl (C=O) groups is 1. The van der Waals surface area contributed by atoms with Gasteiger partial charge in [0.2, 0.25) is 5.91 Å². The van der Waals surface area contributed by atoms with E-state index in [-0.39, 0.29) is 11.9 Å². The Labute approximate surface area is 158 Å². The molecule has 0 bridgehead atoms. The third-order valence-electron chi connectivity index (χ3n) is 4.32. The summed E-state index contributed by atoms with van der Waals surface area (Å²) in [6.45, 7) is 4.42. The van der Waals surface area contributed by atoms with Gasteiger partial charge >= 0.3 is 0 Å². The van der Waals surface area contributed by atoms with E-state index in [4.69, 9.17) is 14.7 Å². The summed E-state index contributed by atoms with van der Waals surface area (Å²) in [7, 11) is 5.10. The maximum absolute atomic E-state index is 12.5. The second-order valence-corrected chi connectivity index (χ2v) is 6.91. The summed E-state index contributed by atoms with van der Waals surface area (Å²) in [6.07, 6.45) is 0. The predicted molar refractivity (Wildman–Crippen MR) is 103 cm³/mol. The number of ether oxygens (including phenoxy) is 2. The Morgan fingerprint density at radius 1 is 1.35 bits per heavy atom. The molecule has 0 fully saturated rings. The van der Waals surface area contributed by atoms with Crippen molar-refractivity contribution in [3.63, 3.8) is 0 Å². The van der Waals surface area contributed by atoms with E-state index in [9.17, 15) is 4.79 Å².